The highest BCUT2D eigenvalue weighted by Gasteiger charge is 2.25. The lowest BCUT2D eigenvalue weighted by Gasteiger charge is -2.27. The minimum Gasteiger partial charge on any atom is -0.378 e. The normalized spacial score (nSPS) is 16.1. The van der Waals surface area contributed by atoms with Crippen LogP contribution in [-0.4, -0.2) is 66.5 Å². The van der Waals surface area contributed by atoms with Crippen LogP contribution < -0.4 is 15.5 Å². The number of aromatic nitrogens is 2. The molecular formula is C18H21BrN6O3. The standard InChI is InChI=1S/C18H21BrN6O3/c1-20-18(27)21-15-11-16-24(2-3-25(16)22-15)14-9-12(8-13(19)10-14)17(26)23-4-6-28-7-5-23/h8-11H,2-7H2,1H3,(H2,20,21,22,27). The van der Waals surface area contributed by atoms with E-state index >= 15 is 0 Å². The van der Waals surface area contributed by atoms with Crippen molar-refractivity contribution in [2.45, 2.75) is 6.54 Å². The highest BCUT2D eigenvalue weighted by Crippen LogP contribution is 2.34. The molecule has 10 heteroatoms. The van der Waals surface area contributed by atoms with Crippen molar-refractivity contribution in [3.8, 4) is 0 Å². The molecule has 2 aromatic rings. The molecule has 1 saturated heterocycles. The van der Waals surface area contributed by atoms with Crippen molar-refractivity contribution in [3.63, 3.8) is 0 Å². The summed E-state index contributed by atoms with van der Waals surface area (Å²) in [4.78, 5) is 28.3. The first-order chi connectivity index (χ1) is 13.5. The largest absolute Gasteiger partial charge is 0.378 e. The molecule has 9 nitrogen and oxygen atoms in total. The zero-order valence-corrected chi connectivity index (χ0v) is 17.0. The van der Waals surface area contributed by atoms with Crippen molar-refractivity contribution in [2.24, 2.45) is 0 Å². The SMILES string of the molecule is CNC(=O)Nc1cc2n(n1)CCN2c1cc(Br)cc(C(=O)N2CCOCC2)c1. The zero-order chi connectivity index (χ0) is 19.7. The Morgan fingerprint density at radius 1 is 1.11 bits per heavy atom. The fourth-order valence-corrected chi connectivity index (χ4v) is 3.88. The number of hydrogen-bond donors (Lipinski definition) is 2. The molecule has 3 amide bonds. The Hall–Kier alpha value is -2.59. The minimum absolute atomic E-state index is 0.000488. The second-order valence-corrected chi connectivity index (χ2v) is 7.49. The van der Waals surface area contributed by atoms with Gasteiger partial charge in [0.2, 0.25) is 0 Å². The number of ether oxygens (including phenoxy) is 1. The molecule has 0 radical (unpaired) electrons. The van der Waals surface area contributed by atoms with Gasteiger partial charge in [-0.15, -0.1) is 0 Å². The molecule has 0 atom stereocenters. The van der Waals surface area contributed by atoms with Crippen LogP contribution in [0.2, 0.25) is 0 Å². The van der Waals surface area contributed by atoms with Gasteiger partial charge in [0.25, 0.3) is 5.91 Å². The van der Waals surface area contributed by atoms with E-state index in [0.29, 0.717) is 44.2 Å². The maximum atomic E-state index is 12.9. The maximum Gasteiger partial charge on any atom is 0.320 e. The molecule has 0 spiro atoms. The summed E-state index contributed by atoms with van der Waals surface area (Å²) in [6.45, 7) is 3.78. The fraction of sp³-hybridized carbons (Fsp3) is 0.389. The number of anilines is 3. The lowest BCUT2D eigenvalue weighted by molar-refractivity contribution is 0.0303. The zero-order valence-electron chi connectivity index (χ0n) is 15.4. The van der Waals surface area contributed by atoms with Gasteiger partial charge in [-0.25, -0.2) is 9.48 Å². The number of morpholine rings is 1. The first-order valence-corrected chi connectivity index (χ1v) is 9.86. The monoisotopic (exact) mass is 448 g/mol. The number of rotatable bonds is 3. The number of urea groups is 1. The molecule has 148 valence electrons. The number of carbonyl (C=O) groups is 2. The number of nitrogens with zero attached hydrogens (tertiary/aromatic N) is 4. The van der Waals surface area contributed by atoms with Gasteiger partial charge in [-0.2, -0.15) is 5.10 Å². The average molecular weight is 449 g/mol. The first-order valence-electron chi connectivity index (χ1n) is 9.07. The van der Waals surface area contributed by atoms with Gasteiger partial charge >= 0.3 is 6.03 Å². The van der Waals surface area contributed by atoms with E-state index < -0.39 is 0 Å². The predicted molar refractivity (Wildman–Crippen MR) is 108 cm³/mol. The van der Waals surface area contributed by atoms with E-state index in [1.165, 1.54) is 0 Å². The molecule has 1 aromatic carbocycles. The third-order valence-corrected chi connectivity index (χ3v) is 5.24. The van der Waals surface area contributed by atoms with Gasteiger partial charge in [0.1, 0.15) is 5.82 Å². The van der Waals surface area contributed by atoms with Crippen molar-refractivity contribution in [1.82, 2.24) is 20.0 Å². The van der Waals surface area contributed by atoms with Crippen molar-refractivity contribution in [1.29, 1.82) is 0 Å². The maximum absolute atomic E-state index is 12.9. The van der Waals surface area contributed by atoms with E-state index in [2.05, 4.69) is 36.6 Å². The molecule has 4 rings (SSSR count). The number of halogens is 1. The second-order valence-electron chi connectivity index (χ2n) is 6.57. The topological polar surface area (TPSA) is 91.7 Å². The summed E-state index contributed by atoms with van der Waals surface area (Å²) in [5.74, 6) is 1.36. The Balaban J connectivity index is 1.60. The van der Waals surface area contributed by atoms with Crippen LogP contribution in [0.4, 0.5) is 22.1 Å². The van der Waals surface area contributed by atoms with Crippen LogP contribution in [0.25, 0.3) is 0 Å². The van der Waals surface area contributed by atoms with Crippen LogP contribution >= 0.6 is 15.9 Å². The summed E-state index contributed by atoms with van der Waals surface area (Å²) < 4.78 is 8.02. The van der Waals surface area contributed by atoms with Gasteiger partial charge in [-0.3, -0.25) is 10.1 Å². The first kappa shape index (κ1) is 18.8. The Morgan fingerprint density at radius 2 is 1.89 bits per heavy atom. The average Bonchev–Trinajstić information content (AvgIpc) is 3.27. The molecule has 1 aromatic heterocycles. The van der Waals surface area contributed by atoms with Crippen molar-refractivity contribution in [3.05, 3.63) is 34.3 Å². The molecule has 1 fully saturated rings. The third kappa shape index (κ3) is 3.69. The van der Waals surface area contributed by atoms with Gasteiger partial charge in [0, 0.05) is 48.5 Å². The molecule has 3 heterocycles. The summed E-state index contributed by atoms with van der Waals surface area (Å²) >= 11 is 3.53. The van der Waals surface area contributed by atoms with Gasteiger partial charge in [0.05, 0.1) is 19.8 Å². The van der Waals surface area contributed by atoms with Gasteiger partial charge < -0.3 is 19.9 Å². The highest BCUT2D eigenvalue weighted by atomic mass is 79.9. The second kappa shape index (κ2) is 7.80. The number of fused-ring (bicyclic) bond motifs is 1. The van der Waals surface area contributed by atoms with Crippen molar-refractivity contribution < 1.29 is 14.3 Å². The lowest BCUT2D eigenvalue weighted by atomic mass is 10.1. The van der Waals surface area contributed by atoms with Crippen molar-refractivity contribution >= 4 is 45.2 Å². The molecule has 0 aliphatic carbocycles. The molecule has 0 unspecified atom stereocenters. The van der Waals surface area contributed by atoms with E-state index in [0.717, 1.165) is 22.5 Å². The molecule has 28 heavy (non-hydrogen) atoms. The number of carbonyl (C=O) groups excluding carboxylic acids is 2. The van der Waals surface area contributed by atoms with Crippen molar-refractivity contribution in [2.75, 3.05) is 50.1 Å². The van der Waals surface area contributed by atoms with Crippen LogP contribution in [0.1, 0.15) is 10.4 Å². The van der Waals surface area contributed by atoms with Gasteiger partial charge in [-0.05, 0) is 18.2 Å². The van der Waals surface area contributed by atoms with Gasteiger partial charge in [0.15, 0.2) is 5.82 Å². The number of nitrogens with one attached hydrogen (secondary N) is 2. The van der Waals surface area contributed by atoms with Crippen LogP contribution in [-0.2, 0) is 11.3 Å². The van der Waals surface area contributed by atoms with E-state index in [1.807, 2.05) is 33.8 Å². The summed E-state index contributed by atoms with van der Waals surface area (Å²) in [7, 11) is 1.56. The fourth-order valence-electron chi connectivity index (χ4n) is 3.40. The van der Waals surface area contributed by atoms with E-state index in [-0.39, 0.29) is 11.9 Å². The third-order valence-electron chi connectivity index (χ3n) is 4.78. The summed E-state index contributed by atoms with van der Waals surface area (Å²) in [6.07, 6.45) is 0. The molecule has 2 aliphatic heterocycles. The van der Waals surface area contributed by atoms with E-state index in [1.54, 1.807) is 7.05 Å². The minimum atomic E-state index is -0.316. The summed E-state index contributed by atoms with van der Waals surface area (Å²) in [5.41, 5.74) is 1.53. The number of benzene rings is 1. The summed E-state index contributed by atoms with van der Waals surface area (Å²) in [5, 5.41) is 9.61. The number of amides is 3. The molecule has 0 saturated carbocycles. The smallest absolute Gasteiger partial charge is 0.320 e. The highest BCUT2D eigenvalue weighted by molar-refractivity contribution is 9.10. The molecule has 2 N–H and O–H groups in total. The Bertz CT molecular complexity index is 909. The quantitative estimate of drug-likeness (QED) is 0.749. The van der Waals surface area contributed by atoms with E-state index in [9.17, 15) is 9.59 Å². The Labute approximate surface area is 170 Å². The Kier molecular flexibility index (Phi) is 5.23. The van der Waals surface area contributed by atoms with Crippen LogP contribution in [0.15, 0.2) is 28.7 Å². The molecule has 0 bridgehead atoms. The van der Waals surface area contributed by atoms with Gasteiger partial charge in [-0.1, -0.05) is 15.9 Å². The molecular weight excluding hydrogens is 428 g/mol. The predicted octanol–water partition coefficient (Wildman–Crippen LogP) is 2.02. The van der Waals surface area contributed by atoms with E-state index in [4.69, 9.17) is 4.74 Å². The van der Waals surface area contributed by atoms with Crippen LogP contribution in [0.3, 0.4) is 0 Å². The van der Waals surface area contributed by atoms with Crippen LogP contribution in [0, 0.1) is 0 Å². The lowest BCUT2D eigenvalue weighted by Crippen LogP contribution is -2.40. The molecule has 2 aliphatic rings. The Morgan fingerprint density at radius 3 is 2.64 bits per heavy atom. The summed E-state index contributed by atoms with van der Waals surface area (Å²) in [6, 6.07) is 7.23. The van der Waals surface area contributed by atoms with Crippen LogP contribution in [0.5, 0.6) is 0 Å². The number of hydrogen-bond acceptors (Lipinski definition) is 5.